The van der Waals surface area contributed by atoms with E-state index in [1.165, 1.54) is 0 Å². The molecule has 4 fully saturated rings. The van der Waals surface area contributed by atoms with E-state index >= 15 is 0 Å². The molecule has 4 aliphatic carbocycles. The monoisotopic (exact) mass is 588 g/mol. The van der Waals surface area contributed by atoms with Gasteiger partial charge in [-0.3, -0.25) is 14.4 Å². The Morgan fingerprint density at radius 1 is 0.932 bits per heavy atom. The predicted octanol–water partition coefficient (Wildman–Crippen LogP) is 5.82. The van der Waals surface area contributed by atoms with E-state index in [1.807, 2.05) is 92.2 Å². The van der Waals surface area contributed by atoms with E-state index in [-0.39, 0.29) is 28.8 Å². The Kier molecular flexibility index (Phi) is 6.95. The Labute approximate surface area is 258 Å². The zero-order valence-corrected chi connectivity index (χ0v) is 25.7. The molecule has 2 heterocycles. The van der Waals surface area contributed by atoms with Crippen LogP contribution in [0.5, 0.6) is 0 Å². The lowest BCUT2D eigenvalue weighted by Gasteiger charge is -2.60. The van der Waals surface area contributed by atoms with E-state index < -0.39 is 5.41 Å². The molecule has 44 heavy (non-hydrogen) atoms. The molecule has 4 bridgehead atoms. The summed E-state index contributed by atoms with van der Waals surface area (Å²) in [5, 5.41) is 7.42. The number of hydrogen-bond donors (Lipinski definition) is 2. The third kappa shape index (κ3) is 5.23. The number of carbonyl (C=O) groups excluding carboxylic acids is 2. The molecule has 2 aromatic heterocycles. The van der Waals surface area contributed by atoms with Crippen LogP contribution in [0.1, 0.15) is 74.4 Å². The highest BCUT2D eigenvalue weighted by molar-refractivity contribution is 5.94. The Balaban J connectivity index is 1.06. The van der Waals surface area contributed by atoms with E-state index in [1.54, 1.807) is 12.3 Å². The highest BCUT2D eigenvalue weighted by Gasteiger charge is 2.56. The standard InChI is InChI=1S/C37H40N4O3/c1-36(2,3)35(44)40-37-19-24-17-26(20-37)31(27(18-24)21-37)39-34(43)25-13-11-23(12-14-25)16-28-22-41(29-8-5-4-6-9-29)33-30(32(28)42)10-7-15-38-33/h4-15,22,24,26-27,31H,16-21H2,1-3H3,(H,39,43)(H,40,44)/t24?,26-,27+,31?,37?. The fourth-order valence-corrected chi connectivity index (χ4v) is 8.20. The minimum atomic E-state index is -0.410. The summed E-state index contributed by atoms with van der Waals surface area (Å²) in [6.07, 6.45) is 9.22. The molecule has 4 saturated carbocycles. The van der Waals surface area contributed by atoms with Crippen molar-refractivity contribution in [2.75, 3.05) is 0 Å². The molecule has 0 spiro atoms. The van der Waals surface area contributed by atoms with Crippen molar-refractivity contribution >= 4 is 22.8 Å². The lowest BCUT2D eigenvalue weighted by molar-refractivity contribution is -0.135. The molecule has 2 aromatic carbocycles. The quantitative estimate of drug-likeness (QED) is 0.297. The first-order valence-corrected chi connectivity index (χ1v) is 15.9. The van der Waals surface area contributed by atoms with Crippen LogP contribution in [-0.4, -0.2) is 32.9 Å². The lowest BCUT2D eigenvalue weighted by atomic mass is 9.51. The summed E-state index contributed by atoms with van der Waals surface area (Å²) in [7, 11) is 0. The van der Waals surface area contributed by atoms with Gasteiger partial charge in [0, 0.05) is 52.6 Å². The topological polar surface area (TPSA) is 93.1 Å². The van der Waals surface area contributed by atoms with Gasteiger partial charge in [-0.1, -0.05) is 51.1 Å². The summed E-state index contributed by atoms with van der Waals surface area (Å²) in [5.41, 5.74) is 3.28. The summed E-state index contributed by atoms with van der Waals surface area (Å²) >= 11 is 0. The van der Waals surface area contributed by atoms with Crippen LogP contribution < -0.4 is 16.1 Å². The van der Waals surface area contributed by atoms with Crippen LogP contribution in [-0.2, 0) is 11.2 Å². The number of fused-ring (bicyclic) bond motifs is 1. The highest BCUT2D eigenvalue weighted by Crippen LogP contribution is 2.56. The summed E-state index contributed by atoms with van der Waals surface area (Å²) in [6, 6.07) is 21.3. The second-order valence-electron chi connectivity index (χ2n) is 14.4. The largest absolute Gasteiger partial charge is 0.350 e. The van der Waals surface area contributed by atoms with Crippen molar-refractivity contribution in [3.8, 4) is 5.69 Å². The number of carbonyl (C=O) groups is 2. The summed E-state index contributed by atoms with van der Waals surface area (Å²) in [5.74, 6) is 1.47. The molecule has 2 N–H and O–H groups in total. The fourth-order valence-electron chi connectivity index (χ4n) is 8.20. The van der Waals surface area contributed by atoms with Crippen LogP contribution in [0, 0.1) is 23.2 Å². The highest BCUT2D eigenvalue weighted by atomic mass is 16.2. The number of rotatable bonds is 6. The maximum absolute atomic E-state index is 13.5. The second kappa shape index (κ2) is 10.7. The molecule has 4 aliphatic rings. The van der Waals surface area contributed by atoms with Gasteiger partial charge >= 0.3 is 0 Å². The number of benzene rings is 2. The molecule has 5 atom stereocenters. The number of amides is 2. The third-order valence-corrected chi connectivity index (χ3v) is 10.1. The molecular formula is C37H40N4O3. The maximum Gasteiger partial charge on any atom is 0.251 e. The Morgan fingerprint density at radius 3 is 2.32 bits per heavy atom. The van der Waals surface area contributed by atoms with Crippen molar-refractivity contribution < 1.29 is 9.59 Å². The normalized spacial score (nSPS) is 25.6. The minimum absolute atomic E-state index is 0.0274. The first-order valence-electron chi connectivity index (χ1n) is 15.9. The predicted molar refractivity (Wildman–Crippen MR) is 172 cm³/mol. The van der Waals surface area contributed by atoms with E-state index in [0.29, 0.717) is 46.3 Å². The van der Waals surface area contributed by atoms with Crippen LogP contribution in [0.3, 0.4) is 0 Å². The average Bonchev–Trinajstić information content (AvgIpc) is 3.00. The van der Waals surface area contributed by atoms with E-state index in [9.17, 15) is 14.4 Å². The Hall–Kier alpha value is -4.26. The fraction of sp³-hybridized carbons (Fsp3) is 0.405. The van der Waals surface area contributed by atoms with E-state index in [4.69, 9.17) is 0 Å². The Bertz CT molecular complexity index is 1770. The molecule has 4 aromatic rings. The molecule has 226 valence electrons. The van der Waals surface area contributed by atoms with Crippen LogP contribution in [0.25, 0.3) is 16.7 Å². The third-order valence-electron chi connectivity index (χ3n) is 10.1. The second-order valence-corrected chi connectivity index (χ2v) is 14.4. The molecule has 7 nitrogen and oxygen atoms in total. The molecule has 0 radical (unpaired) electrons. The minimum Gasteiger partial charge on any atom is -0.350 e. The van der Waals surface area contributed by atoms with Gasteiger partial charge in [-0.15, -0.1) is 0 Å². The van der Waals surface area contributed by atoms with Gasteiger partial charge in [0.2, 0.25) is 5.91 Å². The van der Waals surface area contributed by atoms with Crippen LogP contribution in [0.15, 0.2) is 83.9 Å². The number of nitrogens with zero attached hydrogens (tertiary/aromatic N) is 2. The molecule has 3 unspecified atom stereocenters. The SMILES string of the molecule is CC(C)(C)C(=O)NC12CC3C[C@H](C1)C(NC(=O)c1ccc(Cc4cn(-c5ccccc5)c5ncccc5c4=O)cc1)[C@@H](C3)C2. The van der Waals surface area contributed by atoms with Crippen molar-refractivity contribution in [3.63, 3.8) is 0 Å². The average molecular weight is 589 g/mol. The van der Waals surface area contributed by atoms with Crippen LogP contribution in [0.2, 0.25) is 0 Å². The smallest absolute Gasteiger partial charge is 0.251 e. The van der Waals surface area contributed by atoms with Gasteiger partial charge in [0.05, 0.1) is 5.39 Å². The first kappa shape index (κ1) is 28.5. The summed E-state index contributed by atoms with van der Waals surface area (Å²) < 4.78 is 1.97. The maximum atomic E-state index is 13.5. The molecule has 0 saturated heterocycles. The molecule has 0 aliphatic heterocycles. The molecule has 8 rings (SSSR count). The van der Waals surface area contributed by atoms with Crippen LogP contribution >= 0.6 is 0 Å². The van der Waals surface area contributed by atoms with Crippen molar-refractivity contribution in [1.29, 1.82) is 0 Å². The number of nitrogens with one attached hydrogen (secondary N) is 2. The van der Waals surface area contributed by atoms with Gasteiger partial charge in [-0.2, -0.15) is 0 Å². The van der Waals surface area contributed by atoms with Gasteiger partial charge < -0.3 is 15.2 Å². The van der Waals surface area contributed by atoms with Gasteiger partial charge in [0.25, 0.3) is 5.91 Å². The van der Waals surface area contributed by atoms with Gasteiger partial charge in [-0.25, -0.2) is 4.98 Å². The van der Waals surface area contributed by atoms with E-state index in [0.717, 1.165) is 43.4 Å². The molecular weight excluding hydrogens is 548 g/mol. The first-order chi connectivity index (χ1) is 21.1. The van der Waals surface area contributed by atoms with E-state index in [2.05, 4.69) is 15.6 Å². The van der Waals surface area contributed by atoms with Crippen molar-refractivity contribution in [3.05, 3.63) is 106 Å². The zero-order valence-electron chi connectivity index (χ0n) is 25.7. The number of pyridine rings is 2. The van der Waals surface area contributed by atoms with Gasteiger partial charge in [0.1, 0.15) is 5.65 Å². The number of para-hydroxylation sites is 1. The van der Waals surface area contributed by atoms with Crippen molar-refractivity contribution in [1.82, 2.24) is 20.2 Å². The zero-order chi connectivity index (χ0) is 30.6. The van der Waals surface area contributed by atoms with Gasteiger partial charge in [0.15, 0.2) is 5.43 Å². The Morgan fingerprint density at radius 2 is 1.64 bits per heavy atom. The van der Waals surface area contributed by atoms with Gasteiger partial charge in [-0.05, 0) is 91.8 Å². The molecule has 7 heteroatoms. The number of hydrogen-bond acceptors (Lipinski definition) is 4. The number of aromatic nitrogens is 2. The lowest BCUT2D eigenvalue weighted by Crippen LogP contribution is -2.67. The van der Waals surface area contributed by atoms with Crippen LogP contribution in [0.4, 0.5) is 0 Å². The van der Waals surface area contributed by atoms with Crippen molar-refractivity contribution in [2.45, 2.75) is 70.9 Å². The van der Waals surface area contributed by atoms with Crippen molar-refractivity contribution in [2.24, 2.45) is 23.2 Å². The molecule has 2 amide bonds. The summed E-state index contributed by atoms with van der Waals surface area (Å²) in [6.45, 7) is 5.91. The summed E-state index contributed by atoms with van der Waals surface area (Å²) in [4.78, 5) is 44.3.